The maximum Gasteiger partial charge on any atom is 0.279 e. The molecule has 1 aliphatic carbocycles. The molecule has 0 aliphatic heterocycles. The van der Waals surface area contributed by atoms with Gasteiger partial charge in [0.25, 0.3) is 10.2 Å². The van der Waals surface area contributed by atoms with E-state index in [-0.39, 0.29) is 5.41 Å². The molecule has 0 radical (unpaired) electrons. The molecular weight excluding hydrogens is 274 g/mol. The summed E-state index contributed by atoms with van der Waals surface area (Å²) in [5.41, 5.74) is 0.215. The highest BCUT2D eigenvalue weighted by atomic mass is 32.2. The van der Waals surface area contributed by atoms with Gasteiger partial charge in [0.15, 0.2) is 0 Å². The second-order valence-corrected chi connectivity index (χ2v) is 8.18. The lowest BCUT2D eigenvalue weighted by atomic mass is 9.67. The van der Waals surface area contributed by atoms with Gasteiger partial charge in [-0.3, -0.25) is 0 Å². The van der Waals surface area contributed by atoms with Crippen LogP contribution in [0.2, 0.25) is 0 Å². The molecular formula is C14H31N3O2S. The van der Waals surface area contributed by atoms with Crippen LogP contribution >= 0.6 is 0 Å². The van der Waals surface area contributed by atoms with E-state index in [1.54, 1.807) is 7.05 Å². The molecule has 0 saturated heterocycles. The van der Waals surface area contributed by atoms with Gasteiger partial charge in [0.1, 0.15) is 0 Å². The quantitative estimate of drug-likeness (QED) is 0.604. The fourth-order valence-corrected chi connectivity index (χ4v) is 3.58. The Hall–Kier alpha value is -0.170. The van der Waals surface area contributed by atoms with Gasteiger partial charge in [-0.15, -0.1) is 0 Å². The van der Waals surface area contributed by atoms with Crippen LogP contribution in [0.5, 0.6) is 0 Å². The first kappa shape index (κ1) is 17.9. The molecule has 1 rings (SSSR count). The van der Waals surface area contributed by atoms with Gasteiger partial charge in [-0.1, -0.05) is 27.2 Å². The summed E-state index contributed by atoms with van der Waals surface area (Å²) >= 11 is 0. The van der Waals surface area contributed by atoms with E-state index in [2.05, 4.69) is 30.8 Å². The van der Waals surface area contributed by atoms with Crippen molar-refractivity contribution in [2.75, 3.05) is 26.7 Å². The summed E-state index contributed by atoms with van der Waals surface area (Å²) in [7, 11) is -1.68. The molecule has 0 atom stereocenters. The SMILES string of the molecule is CCC1(CNS(=O)(=O)N(C)CCCNC(C)C)CCC1. The van der Waals surface area contributed by atoms with Gasteiger partial charge in [0, 0.05) is 26.2 Å². The monoisotopic (exact) mass is 305 g/mol. The van der Waals surface area contributed by atoms with E-state index in [0.29, 0.717) is 19.1 Å². The summed E-state index contributed by atoms with van der Waals surface area (Å²) in [6.45, 7) is 8.30. The first-order valence-corrected chi connectivity index (χ1v) is 9.20. The highest BCUT2D eigenvalue weighted by Gasteiger charge is 2.36. The van der Waals surface area contributed by atoms with Crippen LogP contribution in [-0.2, 0) is 10.2 Å². The second kappa shape index (κ2) is 7.73. The van der Waals surface area contributed by atoms with Crippen molar-refractivity contribution in [3.8, 4) is 0 Å². The van der Waals surface area contributed by atoms with Crippen LogP contribution in [0.4, 0.5) is 0 Å². The van der Waals surface area contributed by atoms with E-state index >= 15 is 0 Å². The zero-order chi connectivity index (χ0) is 15.2. The highest BCUT2D eigenvalue weighted by molar-refractivity contribution is 7.87. The van der Waals surface area contributed by atoms with Crippen molar-refractivity contribution >= 4 is 10.2 Å². The van der Waals surface area contributed by atoms with Crippen molar-refractivity contribution in [1.82, 2.24) is 14.3 Å². The third kappa shape index (κ3) is 5.31. The van der Waals surface area contributed by atoms with Gasteiger partial charge in [0.2, 0.25) is 0 Å². The molecule has 5 nitrogen and oxygen atoms in total. The minimum atomic E-state index is -3.32. The minimum absolute atomic E-state index is 0.215. The number of hydrogen-bond donors (Lipinski definition) is 2. The zero-order valence-electron chi connectivity index (χ0n) is 13.4. The van der Waals surface area contributed by atoms with Crippen molar-refractivity contribution in [2.24, 2.45) is 5.41 Å². The maximum atomic E-state index is 12.2. The van der Waals surface area contributed by atoms with Crippen LogP contribution in [0.3, 0.4) is 0 Å². The molecule has 1 fully saturated rings. The molecule has 1 aliphatic rings. The van der Waals surface area contributed by atoms with Crippen molar-refractivity contribution in [3.05, 3.63) is 0 Å². The highest BCUT2D eigenvalue weighted by Crippen LogP contribution is 2.43. The molecule has 2 N–H and O–H groups in total. The lowest BCUT2D eigenvalue weighted by Crippen LogP contribution is -2.46. The van der Waals surface area contributed by atoms with E-state index in [9.17, 15) is 8.42 Å². The normalized spacial score (nSPS) is 18.5. The molecule has 0 aromatic heterocycles. The van der Waals surface area contributed by atoms with Crippen LogP contribution in [0.25, 0.3) is 0 Å². The molecule has 0 spiro atoms. The Morgan fingerprint density at radius 3 is 2.40 bits per heavy atom. The molecule has 6 heteroatoms. The zero-order valence-corrected chi connectivity index (χ0v) is 14.2. The standard InChI is InChI=1S/C14H31N3O2S/c1-5-14(8-6-9-14)12-16-20(18,19)17(4)11-7-10-15-13(2)3/h13,15-16H,5-12H2,1-4H3. The van der Waals surface area contributed by atoms with Gasteiger partial charge < -0.3 is 5.32 Å². The number of nitrogens with zero attached hydrogens (tertiary/aromatic N) is 1. The largest absolute Gasteiger partial charge is 0.314 e. The van der Waals surface area contributed by atoms with Gasteiger partial charge in [0.05, 0.1) is 0 Å². The van der Waals surface area contributed by atoms with Crippen LogP contribution in [0.15, 0.2) is 0 Å². The van der Waals surface area contributed by atoms with Crippen LogP contribution in [0, 0.1) is 5.41 Å². The predicted molar refractivity (Wildman–Crippen MR) is 83.9 cm³/mol. The number of rotatable bonds is 10. The molecule has 0 amide bonds. The van der Waals surface area contributed by atoms with Crippen molar-refractivity contribution in [2.45, 2.75) is 58.9 Å². The van der Waals surface area contributed by atoms with Gasteiger partial charge in [-0.05, 0) is 37.6 Å². The summed E-state index contributed by atoms with van der Waals surface area (Å²) in [5, 5.41) is 3.29. The van der Waals surface area contributed by atoms with Crippen LogP contribution in [-0.4, -0.2) is 45.4 Å². The van der Waals surface area contributed by atoms with Gasteiger partial charge in [-0.2, -0.15) is 12.7 Å². The fourth-order valence-electron chi connectivity index (χ4n) is 2.50. The minimum Gasteiger partial charge on any atom is -0.314 e. The topological polar surface area (TPSA) is 61.4 Å². The third-order valence-electron chi connectivity index (χ3n) is 4.41. The molecule has 0 heterocycles. The molecule has 0 aromatic rings. The average molecular weight is 305 g/mol. The van der Waals surface area contributed by atoms with Crippen molar-refractivity contribution in [3.63, 3.8) is 0 Å². The average Bonchev–Trinajstić information content (AvgIpc) is 2.33. The summed E-state index contributed by atoms with van der Waals surface area (Å²) < 4.78 is 28.5. The number of nitrogens with one attached hydrogen (secondary N) is 2. The lowest BCUT2D eigenvalue weighted by molar-refractivity contribution is 0.132. The Bertz CT molecular complexity index is 372. The van der Waals surface area contributed by atoms with Crippen molar-refractivity contribution < 1.29 is 8.42 Å². The summed E-state index contributed by atoms with van der Waals surface area (Å²) in [5.74, 6) is 0. The molecule has 20 heavy (non-hydrogen) atoms. The van der Waals surface area contributed by atoms with Crippen LogP contribution in [0.1, 0.15) is 52.9 Å². The van der Waals surface area contributed by atoms with E-state index in [1.165, 1.54) is 10.7 Å². The number of hydrogen-bond acceptors (Lipinski definition) is 3. The molecule has 0 aromatic carbocycles. The van der Waals surface area contributed by atoms with E-state index in [4.69, 9.17) is 0 Å². The van der Waals surface area contributed by atoms with E-state index in [1.807, 2.05) is 0 Å². The second-order valence-electron chi connectivity index (χ2n) is 6.32. The summed E-state index contributed by atoms with van der Waals surface area (Å²) in [6, 6.07) is 0.443. The summed E-state index contributed by atoms with van der Waals surface area (Å²) in [4.78, 5) is 0. The van der Waals surface area contributed by atoms with Gasteiger partial charge >= 0.3 is 0 Å². The van der Waals surface area contributed by atoms with E-state index in [0.717, 1.165) is 32.2 Å². The Balaban J connectivity index is 2.31. The first-order valence-electron chi connectivity index (χ1n) is 7.76. The predicted octanol–water partition coefficient (Wildman–Crippen LogP) is 1.72. The molecule has 0 unspecified atom stereocenters. The molecule has 0 bridgehead atoms. The first-order chi connectivity index (χ1) is 9.31. The van der Waals surface area contributed by atoms with E-state index < -0.39 is 10.2 Å². The Morgan fingerprint density at radius 1 is 1.30 bits per heavy atom. The smallest absolute Gasteiger partial charge is 0.279 e. The Labute approximate surface area is 124 Å². The van der Waals surface area contributed by atoms with Gasteiger partial charge in [-0.25, -0.2) is 4.72 Å². The lowest BCUT2D eigenvalue weighted by Gasteiger charge is -2.41. The molecule has 1 saturated carbocycles. The maximum absolute atomic E-state index is 12.2. The Kier molecular flexibility index (Phi) is 6.91. The summed E-state index contributed by atoms with van der Waals surface area (Å²) in [6.07, 6.45) is 5.40. The van der Waals surface area contributed by atoms with Crippen molar-refractivity contribution in [1.29, 1.82) is 0 Å². The molecule has 120 valence electrons. The van der Waals surface area contributed by atoms with Crippen LogP contribution < -0.4 is 10.0 Å². The Morgan fingerprint density at radius 2 is 1.95 bits per heavy atom. The fraction of sp³-hybridized carbons (Fsp3) is 1.00. The third-order valence-corrected chi connectivity index (χ3v) is 5.92.